The van der Waals surface area contributed by atoms with E-state index in [1.165, 1.54) is 14.0 Å². The Bertz CT molecular complexity index is 336. The van der Waals surface area contributed by atoms with E-state index in [0.29, 0.717) is 0 Å². The summed E-state index contributed by atoms with van der Waals surface area (Å²) in [6.07, 6.45) is 1.13. The molecule has 0 aromatic carbocycles. The number of carbonyl (C=O) groups is 1. The molecule has 6 nitrogen and oxygen atoms in total. The molecule has 0 bridgehead atoms. The molecule has 0 spiro atoms. The molecule has 0 heterocycles. The summed E-state index contributed by atoms with van der Waals surface area (Å²) in [6, 6.07) is -0.342. The minimum atomic E-state index is -3.08. The lowest BCUT2D eigenvalue weighted by atomic mass is 10.1. The predicted molar refractivity (Wildman–Crippen MR) is 59.8 cm³/mol. The molecule has 0 saturated carbocycles. The minimum Gasteiger partial charge on any atom is -0.467 e. The molecule has 0 aromatic rings. The fourth-order valence-corrected chi connectivity index (χ4v) is 2.20. The summed E-state index contributed by atoms with van der Waals surface area (Å²) in [4.78, 5) is 11.1. The Kier molecular flexibility index (Phi) is 5.37. The van der Waals surface area contributed by atoms with Crippen molar-refractivity contribution in [2.45, 2.75) is 25.5 Å². The zero-order chi connectivity index (χ0) is 13.0. The smallest absolute Gasteiger partial charge is 0.338 e. The van der Waals surface area contributed by atoms with E-state index in [1.54, 1.807) is 6.92 Å². The fourth-order valence-electron chi connectivity index (χ4n) is 1.18. The number of carbonyl (C=O) groups excluding carboxylic acids is 1. The van der Waals surface area contributed by atoms with E-state index in [0.717, 1.165) is 6.26 Å². The average molecular weight is 253 g/mol. The number of hydrogen-bond acceptors (Lipinski definition) is 6. The number of rotatable bonds is 6. The van der Waals surface area contributed by atoms with Crippen molar-refractivity contribution in [3.8, 4) is 0 Å². The van der Waals surface area contributed by atoms with Crippen LogP contribution in [0.5, 0.6) is 0 Å². The molecule has 0 aliphatic heterocycles. The van der Waals surface area contributed by atoms with Crippen LogP contribution in [0, 0.1) is 0 Å². The zero-order valence-corrected chi connectivity index (χ0v) is 10.8. The Balaban J connectivity index is 4.20. The van der Waals surface area contributed by atoms with Crippen molar-refractivity contribution in [1.29, 1.82) is 0 Å². The minimum absolute atomic E-state index is 0.0513. The molecule has 0 rings (SSSR count). The van der Waals surface area contributed by atoms with Crippen molar-refractivity contribution >= 4 is 15.8 Å². The Morgan fingerprint density at radius 1 is 1.56 bits per heavy atom. The second-order valence-electron chi connectivity index (χ2n) is 4.14. The maximum atomic E-state index is 11.1. The van der Waals surface area contributed by atoms with Crippen LogP contribution in [0.2, 0.25) is 0 Å². The topological polar surface area (TPSA) is 92.7 Å². The molecule has 0 aromatic heterocycles. The van der Waals surface area contributed by atoms with Gasteiger partial charge in [-0.15, -0.1) is 0 Å². The van der Waals surface area contributed by atoms with Crippen LogP contribution in [-0.4, -0.2) is 56.8 Å². The number of sulfone groups is 1. The summed E-state index contributed by atoms with van der Waals surface area (Å²) in [6.45, 7) is 2.91. The van der Waals surface area contributed by atoms with Crippen molar-refractivity contribution in [2.24, 2.45) is 0 Å². The van der Waals surface area contributed by atoms with Gasteiger partial charge in [-0.1, -0.05) is 0 Å². The maximum Gasteiger partial charge on any atom is 0.338 e. The van der Waals surface area contributed by atoms with E-state index >= 15 is 0 Å². The van der Waals surface area contributed by atoms with Gasteiger partial charge in [0, 0.05) is 18.8 Å². The lowest BCUT2D eigenvalue weighted by Gasteiger charge is -2.23. The Morgan fingerprint density at radius 2 is 2.06 bits per heavy atom. The molecule has 7 heteroatoms. The van der Waals surface area contributed by atoms with Crippen molar-refractivity contribution in [2.75, 3.05) is 25.7 Å². The normalized spacial score (nSPS) is 17.6. The fraction of sp³-hybridized carbons (Fsp3) is 0.889. The number of ether oxygens (including phenoxy) is 1. The van der Waals surface area contributed by atoms with Gasteiger partial charge in [0.25, 0.3) is 0 Å². The quantitative estimate of drug-likeness (QED) is 0.586. The van der Waals surface area contributed by atoms with Gasteiger partial charge in [-0.25, -0.2) is 13.2 Å². The van der Waals surface area contributed by atoms with E-state index in [1.807, 2.05) is 0 Å². The highest BCUT2D eigenvalue weighted by Gasteiger charge is 2.31. The summed E-state index contributed by atoms with van der Waals surface area (Å²) < 4.78 is 26.3. The van der Waals surface area contributed by atoms with Crippen LogP contribution in [0.25, 0.3) is 0 Å². The summed E-state index contributed by atoms with van der Waals surface area (Å²) in [7, 11) is -1.90. The number of nitrogens with one attached hydrogen (secondary N) is 1. The first-order valence-corrected chi connectivity index (χ1v) is 6.86. The monoisotopic (exact) mass is 253 g/mol. The molecule has 2 N–H and O–H groups in total. The van der Waals surface area contributed by atoms with Gasteiger partial charge in [0.2, 0.25) is 0 Å². The molecule has 96 valence electrons. The lowest BCUT2D eigenvalue weighted by molar-refractivity contribution is -0.160. The van der Waals surface area contributed by atoms with Crippen LogP contribution in [-0.2, 0) is 19.4 Å². The second kappa shape index (κ2) is 5.60. The molecule has 0 saturated heterocycles. The summed E-state index contributed by atoms with van der Waals surface area (Å²) in [5, 5.41) is 12.4. The van der Waals surface area contributed by atoms with Gasteiger partial charge in [-0.3, -0.25) is 0 Å². The highest BCUT2D eigenvalue weighted by atomic mass is 32.2. The summed E-state index contributed by atoms with van der Waals surface area (Å²) in [5.74, 6) is -0.809. The Labute approximate surface area is 95.9 Å². The van der Waals surface area contributed by atoms with Gasteiger partial charge >= 0.3 is 5.97 Å². The maximum absolute atomic E-state index is 11.1. The zero-order valence-electron chi connectivity index (χ0n) is 9.98. The number of aliphatic hydroxyl groups is 1. The molecular formula is C9H19NO5S. The van der Waals surface area contributed by atoms with Crippen LogP contribution in [0.4, 0.5) is 0 Å². The molecule has 0 aliphatic carbocycles. The third kappa shape index (κ3) is 6.04. The van der Waals surface area contributed by atoms with Crippen LogP contribution in [0.3, 0.4) is 0 Å². The number of esters is 1. The lowest BCUT2D eigenvalue weighted by Crippen LogP contribution is -2.49. The predicted octanol–water partition coefficient (Wildman–Crippen LogP) is -1.07. The van der Waals surface area contributed by atoms with Gasteiger partial charge in [0.05, 0.1) is 12.9 Å². The average Bonchev–Trinajstić information content (AvgIpc) is 2.11. The number of methoxy groups -OCH3 is 1. The van der Waals surface area contributed by atoms with E-state index < -0.39 is 21.4 Å². The third-order valence-electron chi connectivity index (χ3n) is 1.97. The Morgan fingerprint density at radius 3 is 2.44 bits per heavy atom. The second-order valence-corrected chi connectivity index (χ2v) is 6.32. The van der Waals surface area contributed by atoms with Crippen molar-refractivity contribution in [3.05, 3.63) is 0 Å². The van der Waals surface area contributed by atoms with Gasteiger partial charge in [0.1, 0.15) is 9.84 Å². The van der Waals surface area contributed by atoms with E-state index in [9.17, 15) is 18.3 Å². The van der Waals surface area contributed by atoms with Crippen molar-refractivity contribution in [1.82, 2.24) is 5.32 Å². The van der Waals surface area contributed by atoms with Gasteiger partial charge < -0.3 is 15.2 Å². The molecule has 2 atom stereocenters. The van der Waals surface area contributed by atoms with Crippen LogP contribution in [0.1, 0.15) is 13.8 Å². The molecule has 0 amide bonds. The van der Waals surface area contributed by atoms with Crippen molar-refractivity contribution in [3.63, 3.8) is 0 Å². The highest BCUT2D eigenvalue weighted by molar-refractivity contribution is 7.90. The van der Waals surface area contributed by atoms with Crippen molar-refractivity contribution < 1.29 is 23.1 Å². The summed E-state index contributed by atoms with van der Waals surface area (Å²) >= 11 is 0. The molecule has 0 aliphatic rings. The number of hydrogen-bond donors (Lipinski definition) is 2. The Hall–Kier alpha value is -0.660. The van der Waals surface area contributed by atoms with Crippen LogP contribution in [0.15, 0.2) is 0 Å². The van der Waals surface area contributed by atoms with Gasteiger partial charge in [-0.2, -0.15) is 0 Å². The molecular weight excluding hydrogens is 234 g/mol. The SMILES string of the molecule is COC(=O)C(C)(O)CNC(C)CS(C)(=O)=O. The van der Waals surface area contributed by atoms with Gasteiger partial charge in [-0.05, 0) is 13.8 Å². The molecule has 0 radical (unpaired) electrons. The summed E-state index contributed by atoms with van der Waals surface area (Å²) in [5.41, 5.74) is -1.65. The first kappa shape index (κ1) is 15.3. The van der Waals surface area contributed by atoms with E-state index in [4.69, 9.17) is 0 Å². The van der Waals surface area contributed by atoms with E-state index in [-0.39, 0.29) is 18.3 Å². The largest absolute Gasteiger partial charge is 0.467 e. The third-order valence-corrected chi connectivity index (χ3v) is 3.08. The van der Waals surface area contributed by atoms with E-state index in [2.05, 4.69) is 10.1 Å². The highest BCUT2D eigenvalue weighted by Crippen LogP contribution is 2.04. The standard InChI is InChI=1S/C9H19NO5S/c1-7(5-16(4,13)14)10-6-9(2,12)8(11)15-3/h7,10,12H,5-6H2,1-4H3. The van der Waals surface area contributed by atoms with Gasteiger partial charge in [0.15, 0.2) is 5.60 Å². The molecule has 16 heavy (non-hydrogen) atoms. The molecule has 2 unspecified atom stereocenters. The molecule has 0 fully saturated rings. The first-order chi connectivity index (χ1) is 7.08. The van der Waals surface area contributed by atoms with Crippen LogP contribution < -0.4 is 5.32 Å². The first-order valence-electron chi connectivity index (χ1n) is 4.80. The van der Waals surface area contributed by atoms with Crippen LogP contribution >= 0.6 is 0 Å².